The summed E-state index contributed by atoms with van der Waals surface area (Å²) in [6.07, 6.45) is 4.49. The largest absolute Gasteiger partial charge is 0.396 e. The summed E-state index contributed by atoms with van der Waals surface area (Å²) in [5, 5.41) is 9.32. The number of thiophene rings is 1. The third-order valence-corrected chi connectivity index (χ3v) is 5.99. The fraction of sp³-hybridized carbons (Fsp3) is 0.778. The SMILES string of the molecule is CCc1cc(C2CCN(CC(C)C)[C@@H](C)C2)c(CCO)s1. The van der Waals surface area contributed by atoms with Gasteiger partial charge in [-0.1, -0.05) is 20.8 Å². The Morgan fingerprint density at radius 2 is 2.19 bits per heavy atom. The highest BCUT2D eigenvalue weighted by atomic mass is 32.1. The number of aliphatic hydroxyl groups excluding tert-OH is 1. The summed E-state index contributed by atoms with van der Waals surface area (Å²) in [7, 11) is 0. The molecule has 3 heteroatoms. The Morgan fingerprint density at radius 1 is 1.43 bits per heavy atom. The normalized spacial score (nSPS) is 23.9. The highest BCUT2D eigenvalue weighted by molar-refractivity contribution is 7.12. The molecule has 1 unspecified atom stereocenters. The molecule has 0 bridgehead atoms. The van der Waals surface area contributed by atoms with Crippen molar-refractivity contribution in [3.05, 3.63) is 21.4 Å². The zero-order valence-electron chi connectivity index (χ0n) is 14.1. The second-order valence-electron chi connectivity index (χ2n) is 6.88. The first kappa shape index (κ1) is 17.0. The fourth-order valence-corrected chi connectivity index (χ4v) is 4.74. The zero-order valence-corrected chi connectivity index (χ0v) is 14.9. The van der Waals surface area contributed by atoms with Crippen LogP contribution in [0.4, 0.5) is 0 Å². The summed E-state index contributed by atoms with van der Waals surface area (Å²) < 4.78 is 0. The minimum Gasteiger partial charge on any atom is -0.396 e. The minimum absolute atomic E-state index is 0.276. The molecule has 1 aromatic heterocycles. The van der Waals surface area contributed by atoms with Gasteiger partial charge in [0.15, 0.2) is 0 Å². The van der Waals surface area contributed by atoms with Gasteiger partial charge in [-0.25, -0.2) is 0 Å². The molecule has 0 aromatic carbocycles. The van der Waals surface area contributed by atoms with E-state index in [2.05, 4.69) is 38.7 Å². The molecular weight excluding hydrogens is 278 g/mol. The molecule has 2 atom stereocenters. The summed E-state index contributed by atoms with van der Waals surface area (Å²) in [4.78, 5) is 5.56. The third-order valence-electron chi connectivity index (χ3n) is 4.63. The number of rotatable bonds is 6. The van der Waals surface area contributed by atoms with Gasteiger partial charge in [-0.05, 0) is 56.2 Å². The van der Waals surface area contributed by atoms with Crippen molar-refractivity contribution in [3.63, 3.8) is 0 Å². The van der Waals surface area contributed by atoms with Crippen molar-refractivity contribution in [2.75, 3.05) is 19.7 Å². The maximum atomic E-state index is 9.32. The van der Waals surface area contributed by atoms with Gasteiger partial charge in [0.1, 0.15) is 0 Å². The van der Waals surface area contributed by atoms with Crippen molar-refractivity contribution < 1.29 is 5.11 Å². The Bertz CT molecular complexity index is 440. The third kappa shape index (κ3) is 4.30. The predicted molar refractivity (Wildman–Crippen MR) is 92.3 cm³/mol. The van der Waals surface area contributed by atoms with Crippen LogP contribution in [-0.4, -0.2) is 35.7 Å². The summed E-state index contributed by atoms with van der Waals surface area (Å²) in [6.45, 7) is 12.0. The van der Waals surface area contributed by atoms with E-state index in [4.69, 9.17) is 0 Å². The van der Waals surface area contributed by atoms with E-state index >= 15 is 0 Å². The average Bonchev–Trinajstić information content (AvgIpc) is 2.84. The van der Waals surface area contributed by atoms with E-state index in [0.717, 1.165) is 18.8 Å². The van der Waals surface area contributed by atoms with Crippen LogP contribution in [0.3, 0.4) is 0 Å². The molecule has 0 spiro atoms. The Kier molecular flexibility index (Phi) is 6.27. The van der Waals surface area contributed by atoms with Crippen LogP contribution in [0.2, 0.25) is 0 Å². The summed E-state index contributed by atoms with van der Waals surface area (Å²) in [5.74, 6) is 1.45. The predicted octanol–water partition coefficient (Wildman–Crippen LogP) is 4.07. The van der Waals surface area contributed by atoms with Gasteiger partial charge in [-0.15, -0.1) is 11.3 Å². The number of nitrogens with zero attached hydrogens (tertiary/aromatic N) is 1. The van der Waals surface area contributed by atoms with E-state index < -0.39 is 0 Å². The monoisotopic (exact) mass is 309 g/mol. The molecule has 2 nitrogen and oxygen atoms in total. The van der Waals surface area contributed by atoms with Crippen LogP contribution in [0.1, 0.15) is 61.8 Å². The summed E-state index contributed by atoms with van der Waals surface area (Å²) in [5.41, 5.74) is 1.54. The van der Waals surface area contributed by atoms with E-state index in [1.54, 1.807) is 5.56 Å². The molecule has 1 N–H and O–H groups in total. The lowest BCUT2D eigenvalue weighted by Gasteiger charge is -2.39. The van der Waals surface area contributed by atoms with Crippen molar-refractivity contribution in [3.8, 4) is 0 Å². The standard InChI is InChI=1S/C18H31NOS/c1-5-16-11-17(18(21-16)7-9-20)15-6-8-19(12-13(2)3)14(4)10-15/h11,13-15,20H,5-10,12H2,1-4H3/t14-,15?/m0/s1. The first-order valence-corrected chi connectivity index (χ1v) is 9.33. The second kappa shape index (κ2) is 7.75. The summed E-state index contributed by atoms with van der Waals surface area (Å²) in [6, 6.07) is 3.10. The van der Waals surface area contributed by atoms with Gasteiger partial charge < -0.3 is 10.0 Å². The number of likely N-dealkylation sites (tertiary alicyclic amines) is 1. The molecule has 2 rings (SSSR count). The van der Waals surface area contributed by atoms with Crippen LogP contribution in [-0.2, 0) is 12.8 Å². The highest BCUT2D eigenvalue weighted by Gasteiger charge is 2.28. The van der Waals surface area contributed by atoms with Gasteiger partial charge in [-0.3, -0.25) is 0 Å². The Balaban J connectivity index is 2.08. The molecule has 1 aromatic rings. The van der Waals surface area contributed by atoms with Gasteiger partial charge >= 0.3 is 0 Å². The van der Waals surface area contributed by atoms with Gasteiger partial charge in [0.2, 0.25) is 0 Å². The second-order valence-corrected chi connectivity index (χ2v) is 8.10. The van der Waals surface area contributed by atoms with Crippen molar-refractivity contribution >= 4 is 11.3 Å². The number of aryl methyl sites for hydroxylation is 1. The van der Waals surface area contributed by atoms with Crippen LogP contribution in [0.5, 0.6) is 0 Å². The molecule has 0 amide bonds. The summed E-state index contributed by atoms with van der Waals surface area (Å²) >= 11 is 1.92. The molecular formula is C18H31NOS. The first-order valence-electron chi connectivity index (χ1n) is 8.51. The average molecular weight is 310 g/mol. The van der Waals surface area contributed by atoms with Gasteiger partial charge in [0.05, 0.1) is 0 Å². The van der Waals surface area contributed by atoms with E-state index in [-0.39, 0.29) is 6.61 Å². The molecule has 1 aliphatic rings. The van der Waals surface area contributed by atoms with Crippen LogP contribution in [0.25, 0.3) is 0 Å². The number of piperidine rings is 1. The van der Waals surface area contributed by atoms with Gasteiger partial charge in [-0.2, -0.15) is 0 Å². The van der Waals surface area contributed by atoms with E-state index in [1.165, 1.54) is 35.7 Å². The topological polar surface area (TPSA) is 23.5 Å². The Labute approximate surface area is 134 Å². The van der Waals surface area contributed by atoms with Gasteiger partial charge in [0, 0.05) is 35.4 Å². The number of aliphatic hydroxyl groups is 1. The Hall–Kier alpha value is -0.380. The molecule has 1 fully saturated rings. The van der Waals surface area contributed by atoms with E-state index in [1.807, 2.05) is 11.3 Å². The van der Waals surface area contributed by atoms with E-state index in [9.17, 15) is 5.11 Å². The number of hydrogen-bond donors (Lipinski definition) is 1. The van der Waals surface area contributed by atoms with Crippen LogP contribution < -0.4 is 0 Å². The van der Waals surface area contributed by atoms with Crippen LogP contribution in [0, 0.1) is 5.92 Å². The van der Waals surface area contributed by atoms with E-state index in [0.29, 0.717) is 12.0 Å². The number of hydrogen-bond acceptors (Lipinski definition) is 3. The molecule has 0 aliphatic carbocycles. The molecule has 120 valence electrons. The molecule has 1 saturated heterocycles. The van der Waals surface area contributed by atoms with Crippen LogP contribution in [0.15, 0.2) is 6.07 Å². The molecule has 21 heavy (non-hydrogen) atoms. The minimum atomic E-state index is 0.276. The van der Waals surface area contributed by atoms with Gasteiger partial charge in [0.25, 0.3) is 0 Å². The molecule has 1 aliphatic heterocycles. The molecule has 0 saturated carbocycles. The lowest BCUT2D eigenvalue weighted by molar-refractivity contribution is 0.131. The highest BCUT2D eigenvalue weighted by Crippen LogP contribution is 2.37. The maximum Gasteiger partial charge on any atom is 0.0479 e. The Morgan fingerprint density at radius 3 is 2.76 bits per heavy atom. The van der Waals surface area contributed by atoms with Crippen molar-refractivity contribution in [2.45, 2.75) is 65.3 Å². The zero-order chi connectivity index (χ0) is 15.4. The lowest BCUT2D eigenvalue weighted by atomic mass is 9.85. The smallest absolute Gasteiger partial charge is 0.0479 e. The molecule has 0 radical (unpaired) electrons. The van der Waals surface area contributed by atoms with Crippen molar-refractivity contribution in [1.29, 1.82) is 0 Å². The fourth-order valence-electron chi connectivity index (χ4n) is 3.56. The molecule has 2 heterocycles. The first-order chi connectivity index (χ1) is 10.0. The maximum absolute atomic E-state index is 9.32. The van der Waals surface area contributed by atoms with Crippen LogP contribution >= 0.6 is 11.3 Å². The van der Waals surface area contributed by atoms with Crippen molar-refractivity contribution in [1.82, 2.24) is 4.90 Å². The lowest BCUT2D eigenvalue weighted by Crippen LogP contribution is -2.42. The quantitative estimate of drug-likeness (QED) is 0.856. The van der Waals surface area contributed by atoms with Crippen molar-refractivity contribution in [2.24, 2.45) is 5.92 Å².